The van der Waals surface area contributed by atoms with Crippen molar-refractivity contribution in [3.63, 3.8) is 0 Å². The fourth-order valence-electron chi connectivity index (χ4n) is 2.01. The summed E-state index contributed by atoms with van der Waals surface area (Å²) in [5.41, 5.74) is 2.72. The van der Waals surface area contributed by atoms with Crippen LogP contribution in [-0.4, -0.2) is 38.0 Å². The second-order valence-corrected chi connectivity index (χ2v) is 4.76. The monoisotopic (exact) mass is 285 g/mol. The van der Waals surface area contributed by atoms with E-state index < -0.39 is 0 Å². The summed E-state index contributed by atoms with van der Waals surface area (Å²) in [5.74, 6) is 0. The molecule has 0 saturated heterocycles. The summed E-state index contributed by atoms with van der Waals surface area (Å²) in [7, 11) is 0. The van der Waals surface area contributed by atoms with Gasteiger partial charge in [-0.3, -0.25) is 0 Å². The van der Waals surface area contributed by atoms with Gasteiger partial charge in [0.15, 0.2) is 0 Å². The second kappa shape index (κ2) is 5.66. The summed E-state index contributed by atoms with van der Waals surface area (Å²) >= 11 is 3.49. The molecule has 88 valence electrons. The molecule has 0 amide bonds. The molecule has 1 aromatic rings. The maximum absolute atomic E-state index is 8.60. The van der Waals surface area contributed by atoms with E-state index in [2.05, 4.69) is 39.0 Å². The van der Waals surface area contributed by atoms with Crippen molar-refractivity contribution in [3.8, 4) is 0 Å². The van der Waals surface area contributed by atoms with Crippen LogP contribution in [0.15, 0.2) is 22.7 Å². The van der Waals surface area contributed by atoms with Crippen molar-refractivity contribution in [1.82, 2.24) is 0 Å². The molecule has 1 aliphatic heterocycles. The van der Waals surface area contributed by atoms with Crippen LogP contribution >= 0.6 is 15.9 Å². The minimum Gasteiger partial charge on any atom is -0.394 e. The molecule has 0 bridgehead atoms. The summed E-state index contributed by atoms with van der Waals surface area (Å²) in [5, 5.41) is 8.60. The highest BCUT2D eigenvalue weighted by Gasteiger charge is 2.18. The third-order valence-corrected chi connectivity index (χ3v) is 3.27. The van der Waals surface area contributed by atoms with Gasteiger partial charge in [0.2, 0.25) is 0 Å². The van der Waals surface area contributed by atoms with E-state index >= 15 is 0 Å². The number of rotatable bonds is 5. The second-order valence-electron chi connectivity index (χ2n) is 3.85. The van der Waals surface area contributed by atoms with E-state index in [9.17, 15) is 0 Å². The molecule has 1 N–H and O–H groups in total. The van der Waals surface area contributed by atoms with Gasteiger partial charge >= 0.3 is 0 Å². The molecule has 1 aromatic carbocycles. The molecule has 0 aromatic heterocycles. The molecule has 1 aliphatic rings. The van der Waals surface area contributed by atoms with Crippen molar-refractivity contribution in [3.05, 3.63) is 28.2 Å². The predicted octanol–water partition coefficient (Wildman–Crippen LogP) is 1.82. The Kier molecular flexibility index (Phi) is 4.21. The molecule has 0 saturated carbocycles. The Balaban J connectivity index is 1.91. The molecule has 0 fully saturated rings. The number of hydrogen-bond acceptors (Lipinski definition) is 3. The van der Waals surface area contributed by atoms with Crippen LogP contribution in [0, 0.1) is 0 Å². The van der Waals surface area contributed by atoms with Crippen molar-refractivity contribution in [2.45, 2.75) is 6.42 Å². The van der Waals surface area contributed by atoms with E-state index in [0.29, 0.717) is 13.2 Å². The Morgan fingerprint density at radius 3 is 3.06 bits per heavy atom. The lowest BCUT2D eigenvalue weighted by molar-refractivity contribution is 0.0968. The van der Waals surface area contributed by atoms with E-state index in [4.69, 9.17) is 9.84 Å². The highest BCUT2D eigenvalue weighted by Crippen LogP contribution is 2.29. The number of aliphatic hydroxyl groups is 1. The average Bonchev–Trinajstić information content (AvgIpc) is 2.67. The first-order valence-electron chi connectivity index (χ1n) is 5.53. The van der Waals surface area contributed by atoms with Gasteiger partial charge in [-0.05, 0) is 30.2 Å². The highest BCUT2D eigenvalue weighted by molar-refractivity contribution is 9.10. The zero-order chi connectivity index (χ0) is 11.4. The van der Waals surface area contributed by atoms with Crippen LogP contribution in [0.5, 0.6) is 0 Å². The van der Waals surface area contributed by atoms with Crippen molar-refractivity contribution in [1.29, 1.82) is 0 Å². The fourth-order valence-corrected chi connectivity index (χ4v) is 2.42. The van der Waals surface area contributed by atoms with Gasteiger partial charge in [-0.1, -0.05) is 15.9 Å². The van der Waals surface area contributed by atoms with E-state index in [0.717, 1.165) is 24.0 Å². The van der Waals surface area contributed by atoms with Crippen LogP contribution in [0.3, 0.4) is 0 Å². The molecule has 2 rings (SSSR count). The molecule has 0 radical (unpaired) electrons. The molecule has 3 nitrogen and oxygen atoms in total. The Labute approximate surface area is 104 Å². The van der Waals surface area contributed by atoms with Crippen LogP contribution in [0.1, 0.15) is 5.56 Å². The number of aliphatic hydroxyl groups excluding tert-OH is 1. The summed E-state index contributed by atoms with van der Waals surface area (Å²) in [6, 6.07) is 6.41. The van der Waals surface area contributed by atoms with Gasteiger partial charge < -0.3 is 14.7 Å². The number of ether oxygens (including phenoxy) is 1. The lowest BCUT2D eigenvalue weighted by atomic mass is 10.2. The molecule has 4 heteroatoms. The standard InChI is InChI=1S/C12H16BrNO2/c13-11-1-2-12-10(9-11)3-4-14(12)5-7-16-8-6-15/h1-2,9,15H,3-8H2. The molecule has 0 spiro atoms. The summed E-state index contributed by atoms with van der Waals surface area (Å²) < 4.78 is 6.43. The van der Waals surface area contributed by atoms with Crippen LogP contribution in [0.2, 0.25) is 0 Å². The number of benzene rings is 1. The van der Waals surface area contributed by atoms with Gasteiger partial charge in [0.25, 0.3) is 0 Å². The number of anilines is 1. The Morgan fingerprint density at radius 1 is 1.38 bits per heavy atom. The third-order valence-electron chi connectivity index (χ3n) is 2.77. The van der Waals surface area contributed by atoms with Crippen molar-refractivity contribution >= 4 is 21.6 Å². The van der Waals surface area contributed by atoms with Crippen molar-refractivity contribution in [2.24, 2.45) is 0 Å². The first-order valence-corrected chi connectivity index (χ1v) is 6.32. The third kappa shape index (κ3) is 2.75. The number of nitrogens with zero attached hydrogens (tertiary/aromatic N) is 1. The normalized spacial score (nSPS) is 14.2. The molecule has 16 heavy (non-hydrogen) atoms. The molecular formula is C12H16BrNO2. The van der Waals surface area contributed by atoms with E-state index in [1.54, 1.807) is 0 Å². The van der Waals surface area contributed by atoms with Gasteiger partial charge in [-0.2, -0.15) is 0 Å². The van der Waals surface area contributed by atoms with E-state index in [-0.39, 0.29) is 6.61 Å². The average molecular weight is 286 g/mol. The molecule has 0 aliphatic carbocycles. The van der Waals surface area contributed by atoms with Gasteiger partial charge in [0.05, 0.1) is 19.8 Å². The SMILES string of the molecule is OCCOCCN1CCc2cc(Br)ccc21. The molecule has 0 unspecified atom stereocenters. The lowest BCUT2D eigenvalue weighted by Crippen LogP contribution is -2.25. The van der Waals surface area contributed by atoms with Crippen molar-refractivity contribution < 1.29 is 9.84 Å². The van der Waals surface area contributed by atoms with E-state index in [1.165, 1.54) is 11.3 Å². The number of hydrogen-bond donors (Lipinski definition) is 1. The van der Waals surface area contributed by atoms with E-state index in [1.807, 2.05) is 0 Å². The number of halogens is 1. The lowest BCUT2D eigenvalue weighted by Gasteiger charge is -2.19. The topological polar surface area (TPSA) is 32.7 Å². The minimum absolute atomic E-state index is 0.101. The quantitative estimate of drug-likeness (QED) is 0.838. The van der Waals surface area contributed by atoms with Crippen LogP contribution in [0.4, 0.5) is 5.69 Å². The largest absolute Gasteiger partial charge is 0.394 e. The smallest absolute Gasteiger partial charge is 0.0698 e. The Morgan fingerprint density at radius 2 is 2.25 bits per heavy atom. The fraction of sp³-hybridized carbons (Fsp3) is 0.500. The summed E-state index contributed by atoms with van der Waals surface area (Å²) in [6.07, 6.45) is 1.11. The summed E-state index contributed by atoms with van der Waals surface area (Å²) in [4.78, 5) is 2.33. The zero-order valence-electron chi connectivity index (χ0n) is 9.16. The minimum atomic E-state index is 0.101. The molecule has 0 atom stereocenters. The number of fused-ring (bicyclic) bond motifs is 1. The Hall–Kier alpha value is -0.580. The van der Waals surface area contributed by atoms with Crippen molar-refractivity contribution in [2.75, 3.05) is 37.8 Å². The van der Waals surface area contributed by atoms with Crippen LogP contribution in [-0.2, 0) is 11.2 Å². The van der Waals surface area contributed by atoms with Crippen LogP contribution in [0.25, 0.3) is 0 Å². The maximum atomic E-state index is 8.60. The van der Waals surface area contributed by atoms with Gasteiger partial charge in [0.1, 0.15) is 0 Å². The molecule has 1 heterocycles. The molecular weight excluding hydrogens is 270 g/mol. The van der Waals surface area contributed by atoms with Gasteiger partial charge in [0, 0.05) is 23.2 Å². The Bertz CT molecular complexity index is 357. The van der Waals surface area contributed by atoms with Crippen LogP contribution < -0.4 is 4.90 Å². The first-order chi connectivity index (χ1) is 7.81. The highest BCUT2D eigenvalue weighted by atomic mass is 79.9. The maximum Gasteiger partial charge on any atom is 0.0698 e. The predicted molar refractivity (Wildman–Crippen MR) is 68.0 cm³/mol. The van der Waals surface area contributed by atoms with Gasteiger partial charge in [-0.15, -0.1) is 0 Å². The first kappa shape index (κ1) is 11.9. The van der Waals surface area contributed by atoms with Gasteiger partial charge in [-0.25, -0.2) is 0 Å². The zero-order valence-corrected chi connectivity index (χ0v) is 10.7. The summed E-state index contributed by atoms with van der Waals surface area (Å²) in [6.45, 7) is 3.17.